The summed E-state index contributed by atoms with van der Waals surface area (Å²) >= 11 is 11.9. The maximum absolute atomic E-state index is 10.4. The molecule has 1 unspecified atom stereocenters. The van der Waals surface area contributed by atoms with Crippen LogP contribution in [0, 0.1) is 6.92 Å². The average Bonchev–Trinajstić information content (AvgIpc) is 2.79. The topological polar surface area (TPSA) is 33.4 Å². The highest BCUT2D eigenvalue weighted by Gasteiger charge is 2.16. The van der Waals surface area contributed by atoms with Gasteiger partial charge in [0.25, 0.3) is 0 Å². The molecule has 0 fully saturated rings. The van der Waals surface area contributed by atoms with Gasteiger partial charge in [0, 0.05) is 15.4 Å². The highest BCUT2D eigenvalue weighted by molar-refractivity contribution is 6.34. The van der Waals surface area contributed by atoms with Gasteiger partial charge in [-0.3, -0.25) is 0 Å². The van der Waals surface area contributed by atoms with Crippen LogP contribution in [0.5, 0.6) is 0 Å². The molecule has 1 atom stereocenters. The predicted octanol–water partition coefficient (Wildman–Crippen LogP) is 5.13. The minimum absolute atomic E-state index is 0.476. The summed E-state index contributed by atoms with van der Waals surface area (Å²) in [5, 5.41) is 12.3. The maximum Gasteiger partial charge on any atom is 0.138 e. The first-order valence-electron chi connectivity index (χ1n) is 6.17. The predicted molar refractivity (Wildman–Crippen MR) is 81.5 cm³/mol. The molecule has 20 heavy (non-hydrogen) atoms. The quantitative estimate of drug-likeness (QED) is 0.712. The van der Waals surface area contributed by atoms with E-state index < -0.39 is 6.10 Å². The van der Waals surface area contributed by atoms with Gasteiger partial charge in [-0.15, -0.1) is 0 Å². The number of hydrogen-bond donors (Lipinski definition) is 1. The van der Waals surface area contributed by atoms with Crippen LogP contribution in [-0.2, 0) is 0 Å². The number of fused-ring (bicyclic) bond motifs is 1. The molecule has 3 aromatic rings. The van der Waals surface area contributed by atoms with Gasteiger partial charge in [-0.1, -0.05) is 34.8 Å². The molecular formula is C16H12Cl2O2. The molecule has 0 amide bonds. The zero-order chi connectivity index (χ0) is 14.3. The molecule has 0 saturated carbocycles. The molecule has 0 saturated heterocycles. The van der Waals surface area contributed by atoms with Crippen molar-refractivity contribution in [2.45, 2.75) is 13.0 Å². The summed E-state index contributed by atoms with van der Waals surface area (Å²) in [5.41, 5.74) is 2.50. The van der Waals surface area contributed by atoms with Crippen LogP contribution in [-0.4, -0.2) is 5.11 Å². The van der Waals surface area contributed by atoms with Crippen LogP contribution in [0.4, 0.5) is 0 Å². The molecule has 0 spiro atoms. The normalized spacial score (nSPS) is 12.8. The lowest BCUT2D eigenvalue weighted by atomic mass is 10.1. The molecule has 2 aromatic carbocycles. The smallest absolute Gasteiger partial charge is 0.138 e. The first kappa shape index (κ1) is 13.5. The van der Waals surface area contributed by atoms with Crippen molar-refractivity contribution in [3.8, 4) is 0 Å². The third-order valence-electron chi connectivity index (χ3n) is 3.16. The van der Waals surface area contributed by atoms with E-state index in [1.54, 1.807) is 18.2 Å². The minimum Gasteiger partial charge on any atom is -0.458 e. The lowest BCUT2D eigenvalue weighted by Crippen LogP contribution is -1.97. The summed E-state index contributed by atoms with van der Waals surface area (Å²) in [6.07, 6.45) is -0.890. The van der Waals surface area contributed by atoms with Gasteiger partial charge in [0.2, 0.25) is 0 Å². The van der Waals surface area contributed by atoms with E-state index in [4.69, 9.17) is 27.6 Å². The summed E-state index contributed by atoms with van der Waals surface area (Å²) in [7, 11) is 0. The molecule has 0 aliphatic carbocycles. The SMILES string of the molecule is Cc1ccc2oc(C(O)c3cc(Cl)cc(Cl)c3)cc2c1. The van der Waals surface area contributed by atoms with Crippen molar-refractivity contribution >= 4 is 34.2 Å². The van der Waals surface area contributed by atoms with Crippen molar-refractivity contribution in [1.82, 2.24) is 0 Å². The van der Waals surface area contributed by atoms with Crippen molar-refractivity contribution in [3.63, 3.8) is 0 Å². The highest BCUT2D eigenvalue weighted by atomic mass is 35.5. The Labute approximate surface area is 126 Å². The summed E-state index contributed by atoms with van der Waals surface area (Å²) in [5.74, 6) is 0.476. The minimum atomic E-state index is -0.890. The van der Waals surface area contributed by atoms with E-state index in [-0.39, 0.29) is 0 Å². The Morgan fingerprint density at radius 3 is 2.40 bits per heavy atom. The van der Waals surface area contributed by atoms with Crippen molar-refractivity contribution in [3.05, 3.63) is 69.4 Å². The van der Waals surface area contributed by atoms with Crippen LogP contribution < -0.4 is 0 Å². The van der Waals surface area contributed by atoms with Crippen molar-refractivity contribution in [2.24, 2.45) is 0 Å². The maximum atomic E-state index is 10.4. The highest BCUT2D eigenvalue weighted by Crippen LogP contribution is 2.31. The van der Waals surface area contributed by atoms with E-state index >= 15 is 0 Å². The number of hydrogen-bond acceptors (Lipinski definition) is 2. The molecule has 1 heterocycles. The second kappa shape index (κ2) is 5.13. The summed E-state index contributed by atoms with van der Waals surface area (Å²) < 4.78 is 5.68. The van der Waals surface area contributed by atoms with Crippen LogP contribution in [0.1, 0.15) is 23.0 Å². The van der Waals surface area contributed by atoms with Crippen LogP contribution in [0.15, 0.2) is 46.9 Å². The standard InChI is InChI=1S/C16H12Cl2O2/c1-9-2-3-14-10(4-9)7-15(20-14)16(19)11-5-12(17)8-13(18)6-11/h2-8,16,19H,1H3. The van der Waals surface area contributed by atoms with Gasteiger partial charge >= 0.3 is 0 Å². The Hall–Kier alpha value is -1.48. The van der Waals surface area contributed by atoms with E-state index in [0.29, 0.717) is 21.4 Å². The van der Waals surface area contributed by atoms with Crippen LogP contribution >= 0.6 is 23.2 Å². The number of benzene rings is 2. The fourth-order valence-corrected chi connectivity index (χ4v) is 2.76. The lowest BCUT2D eigenvalue weighted by molar-refractivity contribution is 0.192. The largest absolute Gasteiger partial charge is 0.458 e. The number of rotatable bonds is 2. The zero-order valence-electron chi connectivity index (χ0n) is 10.7. The van der Waals surface area contributed by atoms with Crippen LogP contribution in [0.3, 0.4) is 0 Å². The Bertz CT molecular complexity index is 757. The molecule has 0 aliphatic heterocycles. The van der Waals surface area contributed by atoms with Gasteiger partial charge in [0.1, 0.15) is 17.4 Å². The van der Waals surface area contributed by atoms with E-state index in [9.17, 15) is 5.11 Å². The van der Waals surface area contributed by atoms with Gasteiger partial charge in [-0.05, 0) is 48.9 Å². The fraction of sp³-hybridized carbons (Fsp3) is 0.125. The number of furan rings is 1. The molecular weight excluding hydrogens is 295 g/mol. The van der Waals surface area contributed by atoms with E-state index in [1.165, 1.54) is 0 Å². The summed E-state index contributed by atoms with van der Waals surface area (Å²) in [6, 6.07) is 12.7. The second-order valence-corrected chi connectivity index (χ2v) is 5.67. The molecule has 102 valence electrons. The molecule has 3 rings (SSSR count). The number of aryl methyl sites for hydroxylation is 1. The Morgan fingerprint density at radius 1 is 1.00 bits per heavy atom. The molecule has 1 N–H and O–H groups in total. The third-order valence-corrected chi connectivity index (χ3v) is 3.60. The van der Waals surface area contributed by atoms with Crippen LogP contribution in [0.25, 0.3) is 11.0 Å². The van der Waals surface area contributed by atoms with Crippen molar-refractivity contribution in [1.29, 1.82) is 0 Å². The zero-order valence-corrected chi connectivity index (χ0v) is 12.2. The van der Waals surface area contributed by atoms with Gasteiger partial charge in [-0.2, -0.15) is 0 Å². The van der Waals surface area contributed by atoms with Crippen molar-refractivity contribution in [2.75, 3.05) is 0 Å². The van der Waals surface area contributed by atoms with E-state index in [0.717, 1.165) is 16.5 Å². The molecule has 0 aliphatic rings. The Morgan fingerprint density at radius 2 is 1.70 bits per heavy atom. The fourth-order valence-electron chi connectivity index (χ4n) is 2.22. The van der Waals surface area contributed by atoms with Gasteiger partial charge in [0.15, 0.2) is 0 Å². The van der Waals surface area contributed by atoms with Crippen LogP contribution in [0.2, 0.25) is 10.0 Å². The molecule has 1 aromatic heterocycles. The third kappa shape index (κ3) is 2.55. The monoisotopic (exact) mass is 306 g/mol. The second-order valence-electron chi connectivity index (χ2n) is 4.80. The number of halogens is 2. The lowest BCUT2D eigenvalue weighted by Gasteiger charge is -2.08. The first-order valence-corrected chi connectivity index (χ1v) is 6.93. The van der Waals surface area contributed by atoms with Gasteiger partial charge in [0.05, 0.1) is 0 Å². The van der Waals surface area contributed by atoms with Gasteiger partial charge < -0.3 is 9.52 Å². The average molecular weight is 307 g/mol. The molecule has 2 nitrogen and oxygen atoms in total. The number of aliphatic hydroxyl groups is 1. The van der Waals surface area contributed by atoms with E-state index in [1.807, 2.05) is 31.2 Å². The first-order chi connectivity index (χ1) is 9.52. The Balaban J connectivity index is 2.05. The van der Waals surface area contributed by atoms with E-state index in [2.05, 4.69) is 0 Å². The molecule has 0 radical (unpaired) electrons. The van der Waals surface area contributed by atoms with Gasteiger partial charge in [-0.25, -0.2) is 0 Å². The number of aliphatic hydroxyl groups excluding tert-OH is 1. The summed E-state index contributed by atoms with van der Waals surface area (Å²) in [6.45, 7) is 2.01. The molecule has 4 heteroatoms. The molecule has 0 bridgehead atoms. The Kier molecular flexibility index (Phi) is 3.47. The summed E-state index contributed by atoms with van der Waals surface area (Å²) in [4.78, 5) is 0. The van der Waals surface area contributed by atoms with Crippen molar-refractivity contribution < 1.29 is 9.52 Å².